The van der Waals surface area contributed by atoms with Gasteiger partial charge in [0, 0.05) is 19.1 Å². The maximum absolute atomic E-state index is 12.9. The Morgan fingerprint density at radius 2 is 2.10 bits per heavy atom. The monoisotopic (exact) mass is 312 g/mol. The van der Waals surface area contributed by atoms with Crippen molar-refractivity contribution in [2.45, 2.75) is 37.3 Å². The number of aliphatic hydroxyl groups excluding tert-OH is 1. The van der Waals surface area contributed by atoms with E-state index in [1.54, 1.807) is 22.5 Å². The Labute approximate surface area is 127 Å². The van der Waals surface area contributed by atoms with Crippen molar-refractivity contribution in [3.63, 3.8) is 0 Å². The van der Waals surface area contributed by atoms with Gasteiger partial charge in [-0.1, -0.05) is 19.1 Å². The predicted octanol–water partition coefficient (Wildman–Crippen LogP) is 1.07. The van der Waals surface area contributed by atoms with Gasteiger partial charge >= 0.3 is 0 Å². The molecule has 1 aliphatic rings. The number of nitrogens with zero attached hydrogens (tertiary/aromatic N) is 2. The van der Waals surface area contributed by atoms with Crippen LogP contribution in [0.15, 0.2) is 23.1 Å². The van der Waals surface area contributed by atoms with E-state index in [-0.39, 0.29) is 12.6 Å². The molecule has 0 aliphatic carbocycles. The van der Waals surface area contributed by atoms with E-state index in [1.165, 1.54) is 0 Å². The first kappa shape index (κ1) is 16.4. The minimum Gasteiger partial charge on any atom is -0.392 e. The molecule has 1 fully saturated rings. The summed E-state index contributed by atoms with van der Waals surface area (Å²) in [5.41, 5.74) is 1.44. The summed E-state index contributed by atoms with van der Waals surface area (Å²) in [6, 6.07) is 5.46. The van der Waals surface area contributed by atoms with E-state index in [2.05, 4.69) is 4.90 Å². The molecule has 6 heteroatoms. The molecule has 0 radical (unpaired) electrons. The third-order valence-corrected chi connectivity index (χ3v) is 6.12. The lowest BCUT2D eigenvalue weighted by Gasteiger charge is -2.21. The van der Waals surface area contributed by atoms with Crippen molar-refractivity contribution in [2.75, 3.05) is 27.2 Å². The highest BCUT2D eigenvalue weighted by Gasteiger charge is 2.34. The van der Waals surface area contributed by atoms with Crippen LogP contribution in [0.3, 0.4) is 0 Å². The van der Waals surface area contributed by atoms with Crippen LogP contribution < -0.4 is 0 Å². The van der Waals surface area contributed by atoms with Gasteiger partial charge in [0.25, 0.3) is 0 Å². The molecule has 21 heavy (non-hydrogen) atoms. The van der Waals surface area contributed by atoms with E-state index in [9.17, 15) is 13.5 Å². The average molecular weight is 312 g/mol. The van der Waals surface area contributed by atoms with Gasteiger partial charge in [-0.2, -0.15) is 4.31 Å². The molecule has 0 aromatic heterocycles. The van der Waals surface area contributed by atoms with Crippen LogP contribution in [-0.2, 0) is 23.1 Å². The zero-order chi connectivity index (χ0) is 15.6. The zero-order valence-electron chi connectivity index (χ0n) is 12.9. The molecule has 1 saturated heterocycles. The normalized spacial score (nSPS) is 20.3. The summed E-state index contributed by atoms with van der Waals surface area (Å²) >= 11 is 0. The fraction of sp³-hybridized carbons (Fsp3) is 0.600. The van der Waals surface area contributed by atoms with Gasteiger partial charge in [0.2, 0.25) is 10.0 Å². The molecule has 0 spiro atoms. The number of hydrogen-bond acceptors (Lipinski definition) is 4. The fourth-order valence-corrected chi connectivity index (χ4v) is 4.56. The lowest BCUT2D eigenvalue weighted by atomic mass is 10.1. The first-order valence-electron chi connectivity index (χ1n) is 7.29. The molecule has 5 nitrogen and oxygen atoms in total. The number of rotatable bonds is 5. The largest absolute Gasteiger partial charge is 0.392 e. The summed E-state index contributed by atoms with van der Waals surface area (Å²) in [5, 5.41) is 9.26. The van der Waals surface area contributed by atoms with Crippen LogP contribution in [0.5, 0.6) is 0 Å². The molecule has 1 heterocycles. The number of likely N-dealkylation sites (N-methyl/N-ethyl adjacent to an activating group) is 1. The average Bonchev–Trinajstić information content (AvgIpc) is 2.97. The summed E-state index contributed by atoms with van der Waals surface area (Å²) in [7, 11) is 0.469. The van der Waals surface area contributed by atoms with Gasteiger partial charge < -0.3 is 10.0 Å². The molecule has 1 aliphatic heterocycles. The number of aliphatic hydroxyl groups is 1. The van der Waals surface area contributed by atoms with E-state index in [0.29, 0.717) is 30.0 Å². The van der Waals surface area contributed by atoms with Crippen molar-refractivity contribution in [1.29, 1.82) is 0 Å². The van der Waals surface area contributed by atoms with Gasteiger partial charge in [-0.15, -0.1) is 0 Å². The van der Waals surface area contributed by atoms with Gasteiger partial charge in [-0.25, -0.2) is 8.42 Å². The Morgan fingerprint density at radius 1 is 1.38 bits per heavy atom. The molecule has 0 bridgehead atoms. The molecule has 0 saturated carbocycles. The van der Waals surface area contributed by atoms with Crippen LogP contribution in [0.25, 0.3) is 0 Å². The Balaban J connectivity index is 2.36. The Bertz CT molecular complexity index is 599. The zero-order valence-corrected chi connectivity index (χ0v) is 13.7. The van der Waals surface area contributed by atoms with Crippen LogP contribution in [0, 0.1) is 0 Å². The predicted molar refractivity (Wildman–Crippen MR) is 82.6 cm³/mol. The third kappa shape index (κ3) is 3.29. The van der Waals surface area contributed by atoms with E-state index in [1.807, 2.05) is 21.0 Å². The molecule has 1 atom stereocenters. The van der Waals surface area contributed by atoms with Gasteiger partial charge in [-0.3, -0.25) is 0 Å². The SMILES string of the molecule is CCc1ccc(CO)cc1S(=O)(=O)N1CCC(N(C)C)C1. The van der Waals surface area contributed by atoms with Crippen LogP contribution in [-0.4, -0.2) is 56.0 Å². The van der Waals surface area contributed by atoms with Gasteiger partial charge in [0.05, 0.1) is 11.5 Å². The van der Waals surface area contributed by atoms with Crippen molar-refractivity contribution in [3.8, 4) is 0 Å². The summed E-state index contributed by atoms with van der Waals surface area (Å²) in [6.07, 6.45) is 1.51. The summed E-state index contributed by atoms with van der Waals surface area (Å²) in [5.74, 6) is 0. The summed E-state index contributed by atoms with van der Waals surface area (Å²) in [4.78, 5) is 2.41. The summed E-state index contributed by atoms with van der Waals surface area (Å²) < 4.78 is 27.3. The minimum absolute atomic E-state index is 0.146. The first-order valence-corrected chi connectivity index (χ1v) is 8.73. The maximum Gasteiger partial charge on any atom is 0.243 e. The maximum atomic E-state index is 12.9. The van der Waals surface area contributed by atoms with Crippen molar-refractivity contribution in [1.82, 2.24) is 9.21 Å². The second-order valence-electron chi connectivity index (χ2n) is 5.72. The molecule has 0 amide bonds. The molecule has 1 unspecified atom stereocenters. The Kier molecular flexibility index (Phi) is 5.03. The topological polar surface area (TPSA) is 60.9 Å². The third-order valence-electron chi connectivity index (χ3n) is 4.17. The second kappa shape index (κ2) is 6.44. The molecule has 2 rings (SSSR count). The fourth-order valence-electron chi connectivity index (χ4n) is 2.72. The minimum atomic E-state index is -3.48. The van der Waals surface area contributed by atoms with E-state index < -0.39 is 10.0 Å². The summed E-state index contributed by atoms with van der Waals surface area (Å²) in [6.45, 7) is 2.88. The quantitative estimate of drug-likeness (QED) is 0.883. The molecule has 1 aromatic rings. The second-order valence-corrected chi connectivity index (χ2v) is 7.63. The molecular formula is C15H24N2O3S. The smallest absolute Gasteiger partial charge is 0.243 e. The first-order chi connectivity index (χ1) is 9.90. The number of sulfonamides is 1. The van der Waals surface area contributed by atoms with Crippen molar-refractivity contribution in [2.24, 2.45) is 0 Å². The lowest BCUT2D eigenvalue weighted by Crippen LogP contribution is -2.34. The highest BCUT2D eigenvalue weighted by molar-refractivity contribution is 7.89. The molecule has 1 N–H and O–H groups in total. The van der Waals surface area contributed by atoms with Crippen LogP contribution in [0.4, 0.5) is 0 Å². The van der Waals surface area contributed by atoms with E-state index in [4.69, 9.17) is 0 Å². The standard InChI is InChI=1S/C15H24N2O3S/c1-4-13-6-5-12(11-18)9-15(13)21(19,20)17-8-7-14(10-17)16(2)3/h5-6,9,14,18H,4,7-8,10-11H2,1-3H3. The highest BCUT2D eigenvalue weighted by Crippen LogP contribution is 2.26. The lowest BCUT2D eigenvalue weighted by molar-refractivity contribution is 0.281. The Hall–Kier alpha value is -0.950. The highest BCUT2D eigenvalue weighted by atomic mass is 32.2. The van der Waals surface area contributed by atoms with Crippen LogP contribution in [0.2, 0.25) is 0 Å². The Morgan fingerprint density at radius 3 is 2.62 bits per heavy atom. The van der Waals surface area contributed by atoms with Gasteiger partial charge in [-0.05, 0) is 44.1 Å². The van der Waals surface area contributed by atoms with Crippen molar-refractivity contribution < 1.29 is 13.5 Å². The number of aryl methyl sites for hydroxylation is 1. The van der Waals surface area contributed by atoms with E-state index in [0.717, 1.165) is 12.0 Å². The van der Waals surface area contributed by atoms with Crippen molar-refractivity contribution in [3.05, 3.63) is 29.3 Å². The van der Waals surface area contributed by atoms with Crippen LogP contribution >= 0.6 is 0 Å². The van der Waals surface area contributed by atoms with Gasteiger partial charge in [0.1, 0.15) is 0 Å². The molecule has 118 valence electrons. The van der Waals surface area contributed by atoms with E-state index >= 15 is 0 Å². The van der Waals surface area contributed by atoms with Crippen LogP contribution in [0.1, 0.15) is 24.5 Å². The van der Waals surface area contributed by atoms with Gasteiger partial charge in [0.15, 0.2) is 0 Å². The molecular weight excluding hydrogens is 288 g/mol. The number of benzene rings is 1. The number of hydrogen-bond donors (Lipinski definition) is 1. The van der Waals surface area contributed by atoms with Crippen molar-refractivity contribution >= 4 is 10.0 Å². The molecule has 1 aromatic carbocycles.